The van der Waals surface area contributed by atoms with Crippen molar-refractivity contribution in [3.8, 4) is 5.75 Å². The van der Waals surface area contributed by atoms with E-state index in [1.807, 2.05) is 42.5 Å². The zero-order chi connectivity index (χ0) is 16.1. The lowest BCUT2D eigenvalue weighted by Gasteiger charge is -2.09. The first kappa shape index (κ1) is 15.3. The second kappa shape index (κ2) is 7.09. The molecule has 0 fully saturated rings. The highest BCUT2D eigenvalue weighted by Crippen LogP contribution is 2.19. The van der Waals surface area contributed by atoms with Gasteiger partial charge in [-0.2, -0.15) is 0 Å². The van der Waals surface area contributed by atoms with Gasteiger partial charge >= 0.3 is 0 Å². The number of ether oxygens (including phenoxy) is 1. The fourth-order valence-electron chi connectivity index (χ4n) is 2.65. The van der Waals surface area contributed by atoms with Crippen molar-refractivity contribution < 1.29 is 4.74 Å². The smallest absolute Gasteiger partial charge is 0.220 e. The Bertz CT molecular complexity index is 801. The van der Waals surface area contributed by atoms with E-state index >= 15 is 0 Å². The number of anilines is 1. The summed E-state index contributed by atoms with van der Waals surface area (Å²) in [5.74, 6) is 1.30. The lowest BCUT2D eigenvalue weighted by atomic mass is 10.1. The fraction of sp³-hybridized carbons (Fsp3) is 0.263. The number of para-hydroxylation sites is 2. The largest absolute Gasteiger partial charge is 0.493 e. The van der Waals surface area contributed by atoms with Crippen LogP contribution in [0.15, 0.2) is 48.5 Å². The minimum atomic E-state index is 0.342. The van der Waals surface area contributed by atoms with Crippen LogP contribution in [0.3, 0.4) is 0 Å². The monoisotopic (exact) mass is 307 g/mol. The first-order valence-corrected chi connectivity index (χ1v) is 7.93. The molecular formula is C19H21N3O. The van der Waals surface area contributed by atoms with E-state index in [9.17, 15) is 0 Å². The molecule has 1 aromatic heterocycles. The van der Waals surface area contributed by atoms with Gasteiger partial charge in [-0.25, -0.2) is 9.97 Å². The van der Waals surface area contributed by atoms with E-state index in [4.69, 9.17) is 10.5 Å². The summed E-state index contributed by atoms with van der Waals surface area (Å²) in [6, 6.07) is 16.1. The van der Waals surface area contributed by atoms with Crippen LogP contribution in [-0.4, -0.2) is 16.6 Å². The summed E-state index contributed by atoms with van der Waals surface area (Å²) in [6.07, 6.45) is 2.86. The molecule has 118 valence electrons. The Morgan fingerprint density at radius 3 is 2.61 bits per heavy atom. The Morgan fingerprint density at radius 1 is 0.957 bits per heavy atom. The molecule has 4 nitrogen and oxygen atoms in total. The molecule has 23 heavy (non-hydrogen) atoms. The van der Waals surface area contributed by atoms with E-state index in [2.05, 4.69) is 23.0 Å². The van der Waals surface area contributed by atoms with Crippen molar-refractivity contribution in [2.45, 2.75) is 26.2 Å². The van der Waals surface area contributed by atoms with E-state index in [0.29, 0.717) is 12.6 Å². The Morgan fingerprint density at radius 2 is 1.74 bits per heavy atom. The second-order valence-electron chi connectivity index (χ2n) is 5.62. The fourth-order valence-corrected chi connectivity index (χ4v) is 2.65. The van der Waals surface area contributed by atoms with Gasteiger partial charge < -0.3 is 10.5 Å². The molecule has 0 aliphatic carbocycles. The molecule has 0 bridgehead atoms. The molecule has 0 amide bonds. The summed E-state index contributed by atoms with van der Waals surface area (Å²) in [5.41, 5.74) is 8.90. The van der Waals surface area contributed by atoms with Crippen LogP contribution >= 0.6 is 0 Å². The lowest BCUT2D eigenvalue weighted by molar-refractivity contribution is 0.305. The van der Waals surface area contributed by atoms with Gasteiger partial charge in [-0.1, -0.05) is 36.4 Å². The van der Waals surface area contributed by atoms with Crippen molar-refractivity contribution in [2.75, 3.05) is 12.3 Å². The third kappa shape index (κ3) is 3.77. The van der Waals surface area contributed by atoms with Crippen molar-refractivity contribution in [2.24, 2.45) is 0 Å². The Labute approximate surface area is 136 Å². The van der Waals surface area contributed by atoms with Crippen LogP contribution in [0.2, 0.25) is 0 Å². The van der Waals surface area contributed by atoms with Crippen molar-refractivity contribution in [1.29, 1.82) is 0 Å². The molecule has 1 heterocycles. The van der Waals surface area contributed by atoms with Gasteiger partial charge in [0.05, 0.1) is 17.8 Å². The third-order valence-electron chi connectivity index (χ3n) is 3.86. The normalized spacial score (nSPS) is 10.8. The average molecular weight is 307 g/mol. The van der Waals surface area contributed by atoms with Gasteiger partial charge in [-0.3, -0.25) is 0 Å². The molecule has 4 heteroatoms. The van der Waals surface area contributed by atoms with Crippen molar-refractivity contribution >= 4 is 16.9 Å². The summed E-state index contributed by atoms with van der Waals surface area (Å²) in [7, 11) is 0. The maximum Gasteiger partial charge on any atom is 0.220 e. The van der Waals surface area contributed by atoms with Crippen LogP contribution in [0.25, 0.3) is 10.9 Å². The number of nitrogens with two attached hydrogens (primary N) is 1. The van der Waals surface area contributed by atoms with E-state index < -0.39 is 0 Å². The first-order valence-electron chi connectivity index (χ1n) is 7.93. The molecule has 2 N–H and O–H groups in total. The summed E-state index contributed by atoms with van der Waals surface area (Å²) in [4.78, 5) is 8.67. The van der Waals surface area contributed by atoms with Crippen LogP contribution in [0, 0.1) is 6.92 Å². The van der Waals surface area contributed by atoms with E-state index in [-0.39, 0.29) is 0 Å². The van der Waals surface area contributed by atoms with Crippen LogP contribution in [0.1, 0.15) is 24.1 Å². The molecular weight excluding hydrogens is 286 g/mol. The van der Waals surface area contributed by atoms with Gasteiger partial charge in [0.2, 0.25) is 5.95 Å². The maximum absolute atomic E-state index is 5.83. The number of rotatable bonds is 6. The van der Waals surface area contributed by atoms with Gasteiger partial charge in [0, 0.05) is 5.39 Å². The number of benzene rings is 2. The molecule has 3 rings (SSSR count). The predicted octanol–water partition coefficient (Wildman–Crippen LogP) is 3.92. The quantitative estimate of drug-likeness (QED) is 0.701. The highest BCUT2D eigenvalue weighted by Gasteiger charge is 2.05. The zero-order valence-corrected chi connectivity index (χ0v) is 13.3. The SMILES string of the molecule is Cc1ccccc1OCCCCc1nc(N)nc2ccccc12. The molecule has 0 spiro atoms. The minimum Gasteiger partial charge on any atom is -0.493 e. The molecule has 0 radical (unpaired) electrons. The molecule has 2 aromatic carbocycles. The number of hydrogen-bond acceptors (Lipinski definition) is 4. The summed E-state index contributed by atoms with van der Waals surface area (Å²) in [5, 5.41) is 1.08. The molecule has 0 saturated carbocycles. The Balaban J connectivity index is 1.56. The standard InChI is InChI=1S/C19H21N3O/c1-14-8-2-5-12-18(14)23-13-7-6-11-17-15-9-3-4-10-16(15)21-19(20)22-17/h2-5,8-10,12H,6-7,11,13H2,1H3,(H2,20,21,22). The lowest BCUT2D eigenvalue weighted by Crippen LogP contribution is -2.03. The van der Waals surface area contributed by atoms with Crippen molar-refractivity contribution in [3.63, 3.8) is 0 Å². The number of unbranched alkanes of at least 4 members (excludes halogenated alkanes) is 1. The van der Waals surface area contributed by atoms with Crippen molar-refractivity contribution in [1.82, 2.24) is 9.97 Å². The topological polar surface area (TPSA) is 61.0 Å². The third-order valence-corrected chi connectivity index (χ3v) is 3.86. The van der Waals surface area contributed by atoms with E-state index in [1.54, 1.807) is 0 Å². The molecule has 0 aliphatic heterocycles. The first-order chi connectivity index (χ1) is 11.2. The maximum atomic E-state index is 5.83. The number of nitrogen functional groups attached to an aromatic ring is 1. The van der Waals surface area contributed by atoms with Gasteiger partial charge in [0.25, 0.3) is 0 Å². The zero-order valence-electron chi connectivity index (χ0n) is 13.3. The van der Waals surface area contributed by atoms with E-state index in [1.165, 1.54) is 5.56 Å². The summed E-state index contributed by atoms with van der Waals surface area (Å²) < 4.78 is 5.83. The second-order valence-corrected chi connectivity index (χ2v) is 5.62. The Hall–Kier alpha value is -2.62. The summed E-state index contributed by atoms with van der Waals surface area (Å²) >= 11 is 0. The highest BCUT2D eigenvalue weighted by atomic mass is 16.5. The molecule has 0 saturated heterocycles. The van der Waals surface area contributed by atoms with Crippen LogP contribution < -0.4 is 10.5 Å². The average Bonchev–Trinajstić information content (AvgIpc) is 2.56. The molecule has 0 aliphatic rings. The van der Waals surface area contributed by atoms with Crippen molar-refractivity contribution in [3.05, 3.63) is 59.8 Å². The van der Waals surface area contributed by atoms with E-state index in [0.717, 1.165) is 41.6 Å². The summed E-state index contributed by atoms with van der Waals surface area (Å²) in [6.45, 7) is 2.77. The van der Waals surface area contributed by atoms with Gasteiger partial charge in [-0.05, 0) is 43.9 Å². The number of nitrogens with zero attached hydrogens (tertiary/aromatic N) is 2. The van der Waals surface area contributed by atoms with Crippen LogP contribution in [0.4, 0.5) is 5.95 Å². The molecule has 0 atom stereocenters. The van der Waals surface area contributed by atoms with Crippen LogP contribution in [-0.2, 0) is 6.42 Å². The van der Waals surface area contributed by atoms with Gasteiger partial charge in [0.1, 0.15) is 5.75 Å². The molecule has 3 aromatic rings. The molecule has 0 unspecified atom stereocenters. The Kier molecular flexibility index (Phi) is 4.71. The van der Waals surface area contributed by atoms with Gasteiger partial charge in [0.15, 0.2) is 0 Å². The minimum absolute atomic E-state index is 0.342. The number of aryl methyl sites for hydroxylation is 2. The predicted molar refractivity (Wildman–Crippen MR) is 93.6 cm³/mol. The number of fused-ring (bicyclic) bond motifs is 1. The highest BCUT2D eigenvalue weighted by molar-refractivity contribution is 5.81. The van der Waals surface area contributed by atoms with Crippen LogP contribution in [0.5, 0.6) is 5.75 Å². The van der Waals surface area contributed by atoms with Gasteiger partial charge in [-0.15, -0.1) is 0 Å². The number of hydrogen-bond donors (Lipinski definition) is 1. The number of aromatic nitrogens is 2.